The molecule has 0 amide bonds. The maximum atomic E-state index is 5.91. The van der Waals surface area contributed by atoms with E-state index in [0.29, 0.717) is 0 Å². The molecule has 2 heteroatoms. The molecule has 8 heavy (non-hydrogen) atoms. The molecule has 0 saturated heterocycles. The minimum Gasteiger partial charge on any atom is -1.00 e. The van der Waals surface area contributed by atoms with Crippen LogP contribution in [0.2, 0.25) is 0 Å². The second-order valence-electron chi connectivity index (χ2n) is 2.12. The molecule has 0 aliphatic heterocycles. The summed E-state index contributed by atoms with van der Waals surface area (Å²) in [6.45, 7) is 6.28. The number of rotatable bonds is 2. The van der Waals surface area contributed by atoms with Gasteiger partial charge in [0.15, 0.2) is 0 Å². The first-order valence-electron chi connectivity index (χ1n) is 2.81. The fourth-order valence-electron chi connectivity index (χ4n) is 0.250. The van der Waals surface area contributed by atoms with Crippen molar-refractivity contribution in [3.05, 3.63) is 0 Å². The van der Waals surface area contributed by atoms with E-state index in [1.54, 1.807) is 0 Å². The third-order valence-corrected chi connectivity index (χ3v) is 2.01. The molecular weight excluding hydrogens is 132 g/mol. The van der Waals surface area contributed by atoms with E-state index in [2.05, 4.69) is 20.8 Å². The molecular formula is C6H15ClMg. The topological polar surface area (TPSA) is 0 Å². The molecule has 0 rings (SSSR count). The fraction of sp³-hybridized carbons (Fsp3) is 1.00. The Labute approximate surface area is 76.1 Å². The molecule has 0 aromatic carbocycles. The summed E-state index contributed by atoms with van der Waals surface area (Å²) >= 11 is 5.91. The van der Waals surface area contributed by atoms with Crippen LogP contribution in [0.1, 0.15) is 36.5 Å². The molecule has 0 saturated carbocycles. The van der Waals surface area contributed by atoms with E-state index >= 15 is 0 Å². The third kappa shape index (κ3) is 5.20. The van der Waals surface area contributed by atoms with Crippen LogP contribution >= 0.6 is 11.6 Å². The smallest absolute Gasteiger partial charge is 1.00 e. The van der Waals surface area contributed by atoms with E-state index in [9.17, 15) is 0 Å². The van der Waals surface area contributed by atoms with Gasteiger partial charge in [-0.2, -0.15) is 0 Å². The summed E-state index contributed by atoms with van der Waals surface area (Å²) in [7, 11) is 0. The molecule has 0 radical (unpaired) electrons. The Morgan fingerprint density at radius 1 is 1.38 bits per heavy atom. The summed E-state index contributed by atoms with van der Waals surface area (Å²) in [6.07, 6.45) is 2.12. The van der Waals surface area contributed by atoms with Crippen molar-refractivity contribution in [3.8, 4) is 0 Å². The van der Waals surface area contributed by atoms with Gasteiger partial charge in [0.05, 0.1) is 0 Å². The molecule has 0 N–H and O–H groups in total. The molecule has 0 unspecified atom stereocenters. The van der Waals surface area contributed by atoms with Crippen LogP contribution in [-0.2, 0) is 0 Å². The van der Waals surface area contributed by atoms with Crippen LogP contribution in [0.4, 0.5) is 0 Å². The van der Waals surface area contributed by atoms with Crippen LogP contribution in [0.5, 0.6) is 0 Å². The second kappa shape index (κ2) is 4.89. The third-order valence-electron chi connectivity index (χ3n) is 1.47. The average Bonchev–Trinajstić information content (AvgIpc) is 1.68. The summed E-state index contributed by atoms with van der Waals surface area (Å²) in [5.41, 5.74) is 0. The van der Waals surface area contributed by atoms with Crippen LogP contribution in [0.25, 0.3) is 0 Å². The van der Waals surface area contributed by atoms with E-state index in [1.165, 1.54) is 0 Å². The van der Waals surface area contributed by atoms with Crippen LogP contribution < -0.4 is 0 Å². The SMILES string of the molecule is CCC(C)(Cl)CC.[H-].[H-].[Mg+2]. The molecule has 0 bridgehead atoms. The van der Waals surface area contributed by atoms with Crippen molar-refractivity contribution < 1.29 is 2.85 Å². The van der Waals surface area contributed by atoms with E-state index in [-0.39, 0.29) is 30.8 Å². The Morgan fingerprint density at radius 2 is 1.62 bits per heavy atom. The molecule has 0 heterocycles. The van der Waals surface area contributed by atoms with Gasteiger partial charge in [0, 0.05) is 4.87 Å². The van der Waals surface area contributed by atoms with Gasteiger partial charge in [-0.15, -0.1) is 11.6 Å². The van der Waals surface area contributed by atoms with Gasteiger partial charge in [-0.1, -0.05) is 13.8 Å². The molecule has 0 aromatic heterocycles. The van der Waals surface area contributed by atoms with E-state index in [4.69, 9.17) is 11.6 Å². The molecule has 0 spiro atoms. The van der Waals surface area contributed by atoms with E-state index < -0.39 is 0 Å². The molecule has 0 atom stereocenters. The Bertz CT molecular complexity index is 53.7. The quantitative estimate of drug-likeness (QED) is 0.416. The molecule has 0 fully saturated rings. The zero-order valence-electron chi connectivity index (χ0n) is 8.00. The number of alkyl halides is 1. The Hall–Kier alpha value is 1.06. The van der Waals surface area contributed by atoms with Gasteiger partial charge in [0.1, 0.15) is 0 Å². The van der Waals surface area contributed by atoms with Gasteiger partial charge in [-0.25, -0.2) is 0 Å². The summed E-state index contributed by atoms with van der Waals surface area (Å²) in [4.78, 5) is 0.0556. The largest absolute Gasteiger partial charge is 2.00 e. The fourth-order valence-corrected chi connectivity index (χ4v) is 0.250. The Morgan fingerprint density at radius 3 is 1.62 bits per heavy atom. The van der Waals surface area contributed by atoms with Gasteiger partial charge in [0.25, 0.3) is 0 Å². The predicted molar refractivity (Wildman–Crippen MR) is 42.8 cm³/mol. The average molecular weight is 147 g/mol. The monoisotopic (exact) mass is 146 g/mol. The standard InChI is InChI=1S/C6H13Cl.Mg.2H/c1-4-6(3,7)5-2;;;/h4-5H2,1-3H3;;;/q;+2;2*-1. The maximum Gasteiger partial charge on any atom is 2.00 e. The van der Waals surface area contributed by atoms with Crippen molar-refractivity contribution in [1.29, 1.82) is 0 Å². The van der Waals surface area contributed by atoms with Gasteiger partial charge in [-0.3, -0.25) is 0 Å². The zero-order chi connectivity index (χ0) is 5.91. The number of hydrogen-bond donors (Lipinski definition) is 0. The predicted octanol–water partition coefficient (Wildman–Crippen LogP) is 2.65. The first kappa shape index (κ1) is 11.8. The van der Waals surface area contributed by atoms with Gasteiger partial charge in [-0.05, 0) is 19.8 Å². The van der Waals surface area contributed by atoms with Crippen molar-refractivity contribution in [3.63, 3.8) is 0 Å². The zero-order valence-corrected chi connectivity index (χ0v) is 8.17. The normalized spacial score (nSPS) is 10.5. The minimum absolute atomic E-state index is 0. The molecule has 0 aromatic rings. The van der Waals surface area contributed by atoms with Crippen LogP contribution in [0.15, 0.2) is 0 Å². The van der Waals surface area contributed by atoms with Gasteiger partial charge >= 0.3 is 23.1 Å². The molecule has 0 nitrogen and oxygen atoms in total. The maximum absolute atomic E-state index is 5.91. The minimum atomic E-state index is 0. The first-order chi connectivity index (χ1) is 3.12. The van der Waals surface area contributed by atoms with Gasteiger partial charge in [0.2, 0.25) is 0 Å². The van der Waals surface area contributed by atoms with Gasteiger partial charge < -0.3 is 2.85 Å². The van der Waals surface area contributed by atoms with Crippen molar-refractivity contribution in [1.82, 2.24) is 0 Å². The summed E-state index contributed by atoms with van der Waals surface area (Å²) < 4.78 is 0. The Balaban J connectivity index is -0.0000000600. The van der Waals surface area contributed by atoms with Crippen LogP contribution in [-0.4, -0.2) is 27.9 Å². The molecule has 48 valence electrons. The van der Waals surface area contributed by atoms with Crippen molar-refractivity contribution in [2.75, 3.05) is 0 Å². The molecule has 0 aliphatic rings. The van der Waals surface area contributed by atoms with Crippen LogP contribution in [0.3, 0.4) is 0 Å². The Kier molecular flexibility index (Phi) is 7.22. The van der Waals surface area contributed by atoms with Crippen LogP contribution in [0, 0.1) is 0 Å². The summed E-state index contributed by atoms with van der Waals surface area (Å²) in [6, 6.07) is 0. The van der Waals surface area contributed by atoms with Crippen molar-refractivity contribution >= 4 is 34.7 Å². The van der Waals surface area contributed by atoms with E-state index in [0.717, 1.165) is 12.8 Å². The van der Waals surface area contributed by atoms with Crippen molar-refractivity contribution in [2.45, 2.75) is 38.5 Å². The summed E-state index contributed by atoms with van der Waals surface area (Å²) in [5.74, 6) is 0. The molecule has 0 aliphatic carbocycles. The van der Waals surface area contributed by atoms with Crippen molar-refractivity contribution in [2.24, 2.45) is 0 Å². The summed E-state index contributed by atoms with van der Waals surface area (Å²) in [5, 5.41) is 0. The van der Waals surface area contributed by atoms with E-state index in [1.807, 2.05) is 0 Å². The second-order valence-corrected chi connectivity index (χ2v) is 3.03. The number of hydrogen-bond acceptors (Lipinski definition) is 0. The first-order valence-corrected chi connectivity index (χ1v) is 3.19. The number of halogens is 1.